The lowest BCUT2D eigenvalue weighted by atomic mass is 10.2. The third-order valence-corrected chi connectivity index (χ3v) is 3.59. The van der Waals surface area contributed by atoms with Crippen LogP contribution in [0.3, 0.4) is 0 Å². The van der Waals surface area contributed by atoms with Crippen LogP contribution >= 0.6 is 23.2 Å². The molecular weight excluding hydrogens is 341 g/mol. The number of anilines is 2. The predicted molar refractivity (Wildman–Crippen MR) is 89.7 cm³/mol. The van der Waals surface area contributed by atoms with Crippen LogP contribution in [0.1, 0.15) is 0 Å². The van der Waals surface area contributed by atoms with E-state index in [0.29, 0.717) is 46.1 Å². The third kappa shape index (κ3) is 3.91. The van der Waals surface area contributed by atoms with Crippen molar-refractivity contribution in [2.75, 3.05) is 24.0 Å². The standard InChI is InChI=1S/C15H13Cl2N3O3/c16-9-1-3-12(11(17)7-9)19-20-15(21)18-10-2-4-13-14(8-10)23-6-5-22-13/h1-4,7-8,19H,5-6H2,(H2,18,20,21). The molecule has 0 aliphatic carbocycles. The van der Waals surface area contributed by atoms with Crippen LogP contribution in [-0.2, 0) is 0 Å². The fourth-order valence-corrected chi connectivity index (χ4v) is 2.45. The van der Waals surface area contributed by atoms with E-state index >= 15 is 0 Å². The number of halogens is 2. The average Bonchev–Trinajstić information content (AvgIpc) is 2.54. The smallest absolute Gasteiger partial charge is 0.337 e. The quantitative estimate of drug-likeness (QED) is 0.731. The zero-order valence-corrected chi connectivity index (χ0v) is 13.4. The Kier molecular flexibility index (Phi) is 4.64. The molecule has 0 unspecified atom stereocenters. The Bertz CT molecular complexity index is 740. The zero-order chi connectivity index (χ0) is 16.2. The molecule has 0 radical (unpaired) electrons. The Morgan fingerprint density at radius 3 is 2.57 bits per heavy atom. The summed E-state index contributed by atoms with van der Waals surface area (Å²) >= 11 is 11.8. The maximum atomic E-state index is 11.9. The Labute approximate surface area is 142 Å². The van der Waals surface area contributed by atoms with Gasteiger partial charge in [-0.25, -0.2) is 4.79 Å². The van der Waals surface area contributed by atoms with Gasteiger partial charge < -0.3 is 14.8 Å². The van der Waals surface area contributed by atoms with Gasteiger partial charge in [-0.1, -0.05) is 23.2 Å². The summed E-state index contributed by atoms with van der Waals surface area (Å²) in [6, 6.07) is 9.61. The summed E-state index contributed by atoms with van der Waals surface area (Å²) < 4.78 is 10.9. The number of hydrazine groups is 1. The highest BCUT2D eigenvalue weighted by molar-refractivity contribution is 6.36. The molecule has 6 nitrogen and oxygen atoms in total. The minimum Gasteiger partial charge on any atom is -0.486 e. The molecule has 1 heterocycles. The van der Waals surface area contributed by atoms with Gasteiger partial charge in [-0.3, -0.25) is 10.9 Å². The summed E-state index contributed by atoms with van der Waals surface area (Å²) in [5.41, 5.74) is 6.32. The number of carbonyl (C=O) groups excluding carboxylic acids is 1. The number of fused-ring (bicyclic) bond motifs is 1. The molecule has 0 saturated carbocycles. The lowest BCUT2D eigenvalue weighted by Crippen LogP contribution is -2.33. The third-order valence-electron chi connectivity index (χ3n) is 3.04. The molecule has 23 heavy (non-hydrogen) atoms. The molecule has 2 aromatic carbocycles. The molecule has 0 atom stereocenters. The number of nitrogens with one attached hydrogen (secondary N) is 3. The van der Waals surface area contributed by atoms with Crippen LogP contribution in [-0.4, -0.2) is 19.2 Å². The highest BCUT2D eigenvalue weighted by atomic mass is 35.5. The minimum atomic E-state index is -0.451. The van der Waals surface area contributed by atoms with E-state index in [1.54, 1.807) is 36.4 Å². The number of hydrogen-bond acceptors (Lipinski definition) is 4. The number of hydrogen-bond donors (Lipinski definition) is 3. The van der Waals surface area contributed by atoms with Crippen LogP contribution in [0.4, 0.5) is 16.2 Å². The summed E-state index contributed by atoms with van der Waals surface area (Å²) in [5, 5.41) is 3.59. The second-order valence-electron chi connectivity index (χ2n) is 4.69. The molecule has 1 aliphatic heterocycles. The Balaban J connectivity index is 1.59. The minimum absolute atomic E-state index is 0.400. The highest BCUT2D eigenvalue weighted by Gasteiger charge is 2.12. The van der Waals surface area contributed by atoms with Crippen LogP contribution in [0.5, 0.6) is 11.5 Å². The van der Waals surface area contributed by atoms with E-state index < -0.39 is 6.03 Å². The highest BCUT2D eigenvalue weighted by Crippen LogP contribution is 2.32. The molecule has 2 amide bonds. The molecule has 3 rings (SSSR count). The van der Waals surface area contributed by atoms with Crippen molar-refractivity contribution in [1.82, 2.24) is 5.43 Å². The van der Waals surface area contributed by atoms with Crippen molar-refractivity contribution in [3.63, 3.8) is 0 Å². The van der Waals surface area contributed by atoms with E-state index in [1.807, 2.05) is 0 Å². The summed E-state index contributed by atoms with van der Waals surface area (Å²) in [6.45, 7) is 1.01. The summed E-state index contributed by atoms with van der Waals surface area (Å²) in [6.07, 6.45) is 0. The molecule has 2 aromatic rings. The molecular formula is C15H13Cl2N3O3. The number of carbonyl (C=O) groups is 1. The summed E-state index contributed by atoms with van der Waals surface area (Å²) in [5.74, 6) is 1.26. The van der Waals surface area contributed by atoms with Crippen molar-refractivity contribution in [3.8, 4) is 11.5 Å². The lowest BCUT2D eigenvalue weighted by molar-refractivity contribution is 0.171. The number of ether oxygens (including phenoxy) is 2. The first-order chi connectivity index (χ1) is 11.1. The number of amides is 2. The molecule has 0 bridgehead atoms. The molecule has 8 heteroatoms. The molecule has 0 aromatic heterocycles. The normalized spacial score (nSPS) is 12.4. The fourth-order valence-electron chi connectivity index (χ4n) is 2.00. The van der Waals surface area contributed by atoms with Crippen LogP contribution in [0.2, 0.25) is 10.0 Å². The Hall–Kier alpha value is -2.31. The van der Waals surface area contributed by atoms with E-state index in [2.05, 4.69) is 16.2 Å². The molecule has 3 N–H and O–H groups in total. The van der Waals surface area contributed by atoms with Crippen molar-refractivity contribution < 1.29 is 14.3 Å². The number of rotatable bonds is 3. The van der Waals surface area contributed by atoms with Crippen LogP contribution in [0.25, 0.3) is 0 Å². The molecule has 120 valence electrons. The molecule has 0 fully saturated rings. The fraction of sp³-hybridized carbons (Fsp3) is 0.133. The van der Waals surface area contributed by atoms with Crippen molar-refractivity contribution in [2.24, 2.45) is 0 Å². The Morgan fingerprint density at radius 1 is 1.00 bits per heavy atom. The molecule has 1 aliphatic rings. The van der Waals surface area contributed by atoms with Crippen molar-refractivity contribution in [1.29, 1.82) is 0 Å². The monoisotopic (exact) mass is 353 g/mol. The van der Waals surface area contributed by atoms with Crippen molar-refractivity contribution in [3.05, 3.63) is 46.4 Å². The second-order valence-corrected chi connectivity index (χ2v) is 5.53. The van der Waals surface area contributed by atoms with E-state index in [1.165, 1.54) is 0 Å². The van der Waals surface area contributed by atoms with Gasteiger partial charge in [-0.2, -0.15) is 0 Å². The SMILES string of the molecule is O=C(NNc1ccc(Cl)cc1Cl)Nc1ccc2c(c1)OCCO2. The van der Waals surface area contributed by atoms with Crippen molar-refractivity contribution >= 4 is 40.6 Å². The van der Waals surface area contributed by atoms with Gasteiger partial charge in [0.25, 0.3) is 0 Å². The maximum absolute atomic E-state index is 11.9. The first kappa shape index (κ1) is 15.6. The van der Waals surface area contributed by atoms with Gasteiger partial charge in [0.2, 0.25) is 0 Å². The van der Waals surface area contributed by atoms with E-state index in [9.17, 15) is 4.79 Å². The number of benzene rings is 2. The summed E-state index contributed by atoms with van der Waals surface area (Å²) in [7, 11) is 0. The largest absolute Gasteiger partial charge is 0.486 e. The predicted octanol–water partition coefficient (Wildman–Crippen LogP) is 3.91. The molecule has 0 saturated heterocycles. The van der Waals surface area contributed by atoms with E-state index in [0.717, 1.165) is 0 Å². The van der Waals surface area contributed by atoms with Gasteiger partial charge in [0.1, 0.15) is 13.2 Å². The summed E-state index contributed by atoms with van der Waals surface area (Å²) in [4.78, 5) is 11.9. The van der Waals surface area contributed by atoms with Gasteiger partial charge in [0.15, 0.2) is 11.5 Å². The zero-order valence-electron chi connectivity index (χ0n) is 11.9. The van der Waals surface area contributed by atoms with E-state index in [-0.39, 0.29) is 0 Å². The second kappa shape index (κ2) is 6.85. The van der Waals surface area contributed by atoms with Gasteiger partial charge in [0, 0.05) is 16.8 Å². The van der Waals surface area contributed by atoms with Gasteiger partial charge in [0.05, 0.1) is 10.7 Å². The van der Waals surface area contributed by atoms with Gasteiger partial charge in [-0.05, 0) is 30.3 Å². The maximum Gasteiger partial charge on any atom is 0.337 e. The van der Waals surface area contributed by atoms with Crippen LogP contribution in [0.15, 0.2) is 36.4 Å². The topological polar surface area (TPSA) is 71.6 Å². The van der Waals surface area contributed by atoms with Crippen LogP contribution in [0, 0.1) is 0 Å². The first-order valence-electron chi connectivity index (χ1n) is 6.79. The molecule has 0 spiro atoms. The first-order valence-corrected chi connectivity index (χ1v) is 7.55. The lowest BCUT2D eigenvalue weighted by Gasteiger charge is -2.19. The van der Waals surface area contributed by atoms with Crippen molar-refractivity contribution in [2.45, 2.75) is 0 Å². The van der Waals surface area contributed by atoms with Crippen LogP contribution < -0.4 is 25.6 Å². The van der Waals surface area contributed by atoms with E-state index in [4.69, 9.17) is 32.7 Å². The number of urea groups is 1. The average molecular weight is 354 g/mol. The van der Waals surface area contributed by atoms with Gasteiger partial charge in [-0.15, -0.1) is 0 Å². The Morgan fingerprint density at radius 2 is 1.78 bits per heavy atom. The van der Waals surface area contributed by atoms with Gasteiger partial charge >= 0.3 is 6.03 Å².